The van der Waals surface area contributed by atoms with Gasteiger partial charge in [-0.1, -0.05) is 13.8 Å². The van der Waals surface area contributed by atoms with Crippen LogP contribution in [0.3, 0.4) is 0 Å². The van der Waals surface area contributed by atoms with Gasteiger partial charge in [0.2, 0.25) is 5.88 Å². The highest BCUT2D eigenvalue weighted by Crippen LogP contribution is 2.23. The Kier molecular flexibility index (Phi) is 11.4. The van der Waals surface area contributed by atoms with Crippen LogP contribution in [0.1, 0.15) is 46.1 Å². The Labute approximate surface area is 193 Å². The second-order valence-corrected chi connectivity index (χ2v) is 7.65. The van der Waals surface area contributed by atoms with Crippen molar-refractivity contribution in [3.8, 4) is 17.4 Å². The molecular weight excluding hydrogens is 402 g/mol. The molecule has 0 spiro atoms. The molecule has 1 unspecified atom stereocenters. The number of ether oxygens (including phenoxy) is 2. The summed E-state index contributed by atoms with van der Waals surface area (Å²) in [6.07, 6.45) is 4.03. The Hall–Kier alpha value is -2.80. The average Bonchev–Trinajstić information content (AvgIpc) is 2.81. The van der Waals surface area contributed by atoms with Crippen molar-refractivity contribution in [2.24, 2.45) is 4.99 Å². The van der Waals surface area contributed by atoms with Crippen LogP contribution in [0.5, 0.6) is 17.4 Å². The maximum Gasteiger partial charge on any atom is 0.219 e. The molecule has 0 saturated carbocycles. The van der Waals surface area contributed by atoms with E-state index in [0.717, 1.165) is 49.1 Å². The molecule has 0 bridgehead atoms. The van der Waals surface area contributed by atoms with Crippen LogP contribution in [0, 0.1) is 0 Å². The number of aromatic nitrogens is 1. The molecule has 1 atom stereocenters. The molecule has 1 aromatic carbocycles. The summed E-state index contributed by atoms with van der Waals surface area (Å²) in [5.41, 5.74) is 1.07. The minimum absolute atomic E-state index is 0.354. The lowest BCUT2D eigenvalue weighted by Crippen LogP contribution is -2.42. The number of benzene rings is 1. The van der Waals surface area contributed by atoms with Crippen LogP contribution in [-0.4, -0.2) is 55.2 Å². The van der Waals surface area contributed by atoms with Gasteiger partial charge in [-0.2, -0.15) is 0 Å². The van der Waals surface area contributed by atoms with Crippen LogP contribution in [0.15, 0.2) is 47.6 Å². The lowest BCUT2D eigenvalue weighted by Gasteiger charge is -2.21. The Bertz CT molecular complexity index is 806. The van der Waals surface area contributed by atoms with E-state index in [2.05, 4.69) is 46.3 Å². The molecule has 176 valence electrons. The van der Waals surface area contributed by atoms with Crippen molar-refractivity contribution in [3.05, 3.63) is 48.2 Å². The summed E-state index contributed by atoms with van der Waals surface area (Å²) in [7, 11) is 1.80. The Morgan fingerprint density at radius 3 is 2.47 bits per heavy atom. The van der Waals surface area contributed by atoms with Gasteiger partial charge in [0.25, 0.3) is 0 Å². The van der Waals surface area contributed by atoms with Crippen molar-refractivity contribution in [2.45, 2.75) is 53.1 Å². The first-order valence-electron chi connectivity index (χ1n) is 11.6. The normalized spacial score (nSPS) is 12.5. The molecular formula is C25H39N5O2. The molecule has 1 heterocycles. The van der Waals surface area contributed by atoms with Crippen molar-refractivity contribution in [3.63, 3.8) is 0 Å². The number of rotatable bonds is 13. The van der Waals surface area contributed by atoms with Crippen LogP contribution in [0.2, 0.25) is 0 Å². The van der Waals surface area contributed by atoms with E-state index < -0.39 is 0 Å². The molecule has 0 aliphatic carbocycles. The molecule has 0 fully saturated rings. The fraction of sp³-hybridized carbons (Fsp3) is 0.520. The van der Waals surface area contributed by atoms with Crippen molar-refractivity contribution in [1.82, 2.24) is 20.5 Å². The van der Waals surface area contributed by atoms with Gasteiger partial charge >= 0.3 is 0 Å². The van der Waals surface area contributed by atoms with E-state index in [1.165, 1.54) is 6.42 Å². The average molecular weight is 442 g/mol. The van der Waals surface area contributed by atoms with Crippen molar-refractivity contribution in [1.29, 1.82) is 0 Å². The fourth-order valence-corrected chi connectivity index (χ4v) is 3.35. The molecule has 2 rings (SSSR count). The Morgan fingerprint density at radius 1 is 1.09 bits per heavy atom. The maximum atomic E-state index is 5.89. The highest BCUT2D eigenvalue weighted by atomic mass is 16.5. The highest BCUT2D eigenvalue weighted by Gasteiger charge is 2.07. The predicted octanol–water partition coefficient (Wildman–Crippen LogP) is 4.45. The number of pyridine rings is 1. The second-order valence-electron chi connectivity index (χ2n) is 7.65. The van der Waals surface area contributed by atoms with Crippen LogP contribution >= 0.6 is 0 Å². The molecule has 7 heteroatoms. The first kappa shape index (κ1) is 25.5. The van der Waals surface area contributed by atoms with E-state index in [4.69, 9.17) is 9.47 Å². The lowest BCUT2D eigenvalue weighted by molar-refractivity contribution is 0.292. The minimum Gasteiger partial charge on any atom is -0.494 e. The van der Waals surface area contributed by atoms with E-state index in [9.17, 15) is 0 Å². The number of nitrogens with zero attached hydrogens (tertiary/aromatic N) is 3. The maximum absolute atomic E-state index is 5.89. The van der Waals surface area contributed by atoms with Gasteiger partial charge < -0.3 is 25.0 Å². The van der Waals surface area contributed by atoms with Gasteiger partial charge in [-0.15, -0.1) is 0 Å². The van der Waals surface area contributed by atoms with Gasteiger partial charge in [0, 0.05) is 31.9 Å². The fourth-order valence-electron chi connectivity index (χ4n) is 3.35. The van der Waals surface area contributed by atoms with E-state index in [1.54, 1.807) is 13.2 Å². The molecule has 32 heavy (non-hydrogen) atoms. The van der Waals surface area contributed by atoms with E-state index in [0.29, 0.717) is 25.1 Å². The van der Waals surface area contributed by atoms with Crippen molar-refractivity contribution >= 4 is 5.96 Å². The molecule has 0 aliphatic heterocycles. The molecule has 1 aromatic heterocycles. The predicted molar refractivity (Wildman–Crippen MR) is 132 cm³/mol. The van der Waals surface area contributed by atoms with Gasteiger partial charge in [-0.05, 0) is 82.2 Å². The molecule has 2 N–H and O–H groups in total. The molecule has 2 aromatic rings. The smallest absolute Gasteiger partial charge is 0.219 e. The number of guanidine groups is 1. The Morgan fingerprint density at radius 2 is 1.81 bits per heavy atom. The van der Waals surface area contributed by atoms with E-state index >= 15 is 0 Å². The topological polar surface area (TPSA) is 71.0 Å². The second kappa shape index (κ2) is 14.3. The first-order chi connectivity index (χ1) is 15.6. The zero-order chi connectivity index (χ0) is 23.2. The van der Waals surface area contributed by atoms with Gasteiger partial charge in [0.1, 0.15) is 11.5 Å². The third-order valence-electron chi connectivity index (χ3n) is 5.23. The minimum atomic E-state index is 0.354. The summed E-state index contributed by atoms with van der Waals surface area (Å²) in [4.78, 5) is 11.1. The first-order valence-corrected chi connectivity index (χ1v) is 11.6. The number of hydrogen-bond acceptors (Lipinski definition) is 5. The summed E-state index contributed by atoms with van der Waals surface area (Å²) in [5, 5.41) is 6.86. The van der Waals surface area contributed by atoms with E-state index in [-0.39, 0.29) is 0 Å². The summed E-state index contributed by atoms with van der Waals surface area (Å²) < 4.78 is 11.4. The quantitative estimate of drug-likeness (QED) is 0.354. The number of nitrogens with one attached hydrogen (secondary N) is 2. The van der Waals surface area contributed by atoms with Gasteiger partial charge in [-0.3, -0.25) is 4.99 Å². The summed E-state index contributed by atoms with van der Waals surface area (Å²) >= 11 is 0. The standard InChI is InChI=1S/C25H39N5O2/c1-6-30(7-2)17-9-10-20(4)29-25(26-5)28-19-21-15-16-27-24(18-21)32-23-13-11-22(12-14-23)31-8-3/h11-16,18,20H,6-10,17,19H2,1-5H3,(H2,26,28,29). The zero-order valence-electron chi connectivity index (χ0n) is 20.2. The van der Waals surface area contributed by atoms with Gasteiger partial charge in [-0.25, -0.2) is 4.98 Å². The zero-order valence-corrected chi connectivity index (χ0v) is 20.2. The SMILES string of the molecule is CCOc1ccc(Oc2cc(CNC(=NC)NC(C)CCCN(CC)CC)ccn2)cc1. The molecule has 0 radical (unpaired) electrons. The molecule has 0 saturated heterocycles. The van der Waals surface area contributed by atoms with Gasteiger partial charge in [0.15, 0.2) is 5.96 Å². The number of aliphatic imine (C=N–C) groups is 1. The van der Waals surface area contributed by atoms with Crippen LogP contribution in [0.25, 0.3) is 0 Å². The van der Waals surface area contributed by atoms with Crippen LogP contribution in [-0.2, 0) is 6.54 Å². The molecule has 7 nitrogen and oxygen atoms in total. The largest absolute Gasteiger partial charge is 0.494 e. The summed E-state index contributed by atoms with van der Waals surface area (Å²) in [6, 6.07) is 11.8. The lowest BCUT2D eigenvalue weighted by atomic mass is 10.2. The highest BCUT2D eigenvalue weighted by molar-refractivity contribution is 5.79. The van der Waals surface area contributed by atoms with Gasteiger partial charge in [0.05, 0.1) is 6.61 Å². The third-order valence-corrected chi connectivity index (χ3v) is 5.23. The molecule has 0 aliphatic rings. The Balaban J connectivity index is 1.81. The van der Waals surface area contributed by atoms with E-state index in [1.807, 2.05) is 43.3 Å². The van der Waals surface area contributed by atoms with Crippen LogP contribution < -0.4 is 20.1 Å². The third kappa shape index (κ3) is 9.14. The molecule has 0 amide bonds. The summed E-state index contributed by atoms with van der Waals surface area (Å²) in [5.74, 6) is 2.90. The van der Waals surface area contributed by atoms with Crippen LogP contribution in [0.4, 0.5) is 0 Å². The monoisotopic (exact) mass is 441 g/mol. The summed E-state index contributed by atoms with van der Waals surface area (Å²) in [6.45, 7) is 13.2. The number of hydrogen-bond donors (Lipinski definition) is 2. The van der Waals surface area contributed by atoms with Crippen molar-refractivity contribution < 1.29 is 9.47 Å². The van der Waals surface area contributed by atoms with Crippen molar-refractivity contribution in [2.75, 3.05) is 33.3 Å².